The van der Waals surface area contributed by atoms with Crippen molar-refractivity contribution in [2.75, 3.05) is 19.5 Å². The zero-order valence-electron chi connectivity index (χ0n) is 18.1. The quantitative estimate of drug-likeness (QED) is 0.382. The third kappa shape index (κ3) is 6.44. The molecule has 8 nitrogen and oxygen atoms in total. The Kier molecular flexibility index (Phi) is 7.80. The van der Waals surface area contributed by atoms with Crippen LogP contribution in [0.2, 0.25) is 0 Å². The van der Waals surface area contributed by atoms with E-state index in [1.807, 2.05) is 6.07 Å². The minimum absolute atomic E-state index is 0.249. The molecule has 0 aliphatic carbocycles. The fraction of sp³-hybridized carbons (Fsp3) is 0.0800. The van der Waals surface area contributed by atoms with Gasteiger partial charge in [-0.25, -0.2) is 0 Å². The van der Waals surface area contributed by atoms with Crippen molar-refractivity contribution in [1.82, 2.24) is 10.9 Å². The molecule has 8 heteroatoms. The van der Waals surface area contributed by atoms with Crippen LogP contribution in [0, 0.1) is 0 Å². The third-order valence-electron chi connectivity index (χ3n) is 4.57. The number of carbonyl (C=O) groups excluding carboxylic acids is 3. The molecule has 0 fully saturated rings. The summed E-state index contributed by atoms with van der Waals surface area (Å²) in [5, 5.41) is 2.76. The largest absolute Gasteiger partial charge is 0.493 e. The van der Waals surface area contributed by atoms with Crippen LogP contribution in [0.15, 0.2) is 78.9 Å². The van der Waals surface area contributed by atoms with Gasteiger partial charge in [0.05, 0.1) is 14.2 Å². The SMILES string of the molecule is COc1ccc(/C=C/C(=O)NNC(=O)c2ccc(NC(=O)c3ccccc3)cc2)cc1OC. The van der Waals surface area contributed by atoms with Gasteiger partial charge in [0.1, 0.15) is 0 Å². The van der Waals surface area contributed by atoms with E-state index in [1.54, 1.807) is 72.8 Å². The minimum atomic E-state index is -0.509. The smallest absolute Gasteiger partial charge is 0.269 e. The van der Waals surface area contributed by atoms with Gasteiger partial charge in [0, 0.05) is 22.9 Å². The summed E-state index contributed by atoms with van der Waals surface area (Å²) in [6.07, 6.45) is 2.86. The number of hydrazine groups is 1. The Balaban J connectivity index is 1.51. The molecule has 0 aliphatic rings. The predicted octanol–water partition coefficient (Wildman–Crippen LogP) is 3.43. The maximum Gasteiger partial charge on any atom is 0.269 e. The highest BCUT2D eigenvalue weighted by Crippen LogP contribution is 2.27. The number of carbonyl (C=O) groups is 3. The first-order chi connectivity index (χ1) is 16.0. The van der Waals surface area contributed by atoms with Gasteiger partial charge in [0.15, 0.2) is 11.5 Å². The molecule has 33 heavy (non-hydrogen) atoms. The number of anilines is 1. The zero-order chi connectivity index (χ0) is 23.6. The zero-order valence-corrected chi connectivity index (χ0v) is 18.1. The van der Waals surface area contributed by atoms with Crippen LogP contribution in [0.5, 0.6) is 11.5 Å². The van der Waals surface area contributed by atoms with Gasteiger partial charge in [-0.3, -0.25) is 25.2 Å². The first kappa shape index (κ1) is 23.1. The third-order valence-corrected chi connectivity index (χ3v) is 4.57. The number of nitrogens with one attached hydrogen (secondary N) is 3. The summed E-state index contributed by atoms with van der Waals surface area (Å²) in [6, 6.07) is 20.3. The summed E-state index contributed by atoms with van der Waals surface area (Å²) < 4.78 is 10.4. The summed E-state index contributed by atoms with van der Waals surface area (Å²) in [6.45, 7) is 0. The average Bonchev–Trinajstić information content (AvgIpc) is 2.86. The second-order valence-electron chi connectivity index (χ2n) is 6.79. The number of ether oxygens (including phenoxy) is 2. The average molecular weight is 445 g/mol. The van der Waals surface area contributed by atoms with Crippen LogP contribution in [0.1, 0.15) is 26.3 Å². The van der Waals surface area contributed by atoms with Crippen LogP contribution in [-0.2, 0) is 4.79 Å². The van der Waals surface area contributed by atoms with E-state index in [4.69, 9.17) is 9.47 Å². The lowest BCUT2D eigenvalue weighted by atomic mass is 10.1. The maximum absolute atomic E-state index is 12.3. The van der Waals surface area contributed by atoms with Gasteiger partial charge in [-0.05, 0) is 60.2 Å². The molecule has 0 spiro atoms. The molecule has 0 unspecified atom stereocenters. The lowest BCUT2D eigenvalue weighted by Crippen LogP contribution is -2.40. The van der Waals surface area contributed by atoms with E-state index in [0.29, 0.717) is 28.3 Å². The maximum atomic E-state index is 12.3. The molecule has 3 N–H and O–H groups in total. The van der Waals surface area contributed by atoms with Crippen molar-refractivity contribution in [3.63, 3.8) is 0 Å². The van der Waals surface area contributed by atoms with Crippen LogP contribution in [0.25, 0.3) is 6.08 Å². The molecular formula is C25H23N3O5. The Morgan fingerprint density at radius 2 is 1.39 bits per heavy atom. The minimum Gasteiger partial charge on any atom is -0.493 e. The fourth-order valence-corrected chi connectivity index (χ4v) is 2.86. The molecule has 0 saturated heterocycles. The van der Waals surface area contributed by atoms with E-state index in [9.17, 15) is 14.4 Å². The Hall–Kier alpha value is -4.59. The van der Waals surface area contributed by atoms with Gasteiger partial charge in [-0.1, -0.05) is 24.3 Å². The number of benzene rings is 3. The normalized spacial score (nSPS) is 10.4. The molecule has 0 radical (unpaired) electrons. The summed E-state index contributed by atoms with van der Waals surface area (Å²) >= 11 is 0. The first-order valence-corrected chi connectivity index (χ1v) is 9.97. The molecule has 3 rings (SSSR count). The van der Waals surface area contributed by atoms with Crippen molar-refractivity contribution in [1.29, 1.82) is 0 Å². The van der Waals surface area contributed by atoms with Crippen LogP contribution in [-0.4, -0.2) is 31.9 Å². The molecular weight excluding hydrogens is 422 g/mol. The van der Waals surface area contributed by atoms with Gasteiger partial charge >= 0.3 is 0 Å². The van der Waals surface area contributed by atoms with E-state index >= 15 is 0 Å². The Labute approximate surface area is 191 Å². The van der Waals surface area contributed by atoms with Crippen molar-refractivity contribution in [3.8, 4) is 11.5 Å². The fourth-order valence-electron chi connectivity index (χ4n) is 2.86. The summed E-state index contributed by atoms with van der Waals surface area (Å²) in [4.78, 5) is 36.5. The Bertz CT molecular complexity index is 1160. The molecule has 168 valence electrons. The molecule has 3 amide bonds. The van der Waals surface area contributed by atoms with E-state index in [1.165, 1.54) is 20.3 Å². The van der Waals surface area contributed by atoms with Crippen molar-refractivity contribution in [3.05, 3.63) is 95.6 Å². The number of hydrogen-bond donors (Lipinski definition) is 3. The van der Waals surface area contributed by atoms with Gasteiger partial charge < -0.3 is 14.8 Å². The number of methoxy groups -OCH3 is 2. The topological polar surface area (TPSA) is 106 Å². The highest BCUT2D eigenvalue weighted by Gasteiger charge is 2.09. The summed E-state index contributed by atoms with van der Waals surface area (Å²) in [5.74, 6) is -0.135. The molecule has 3 aromatic carbocycles. The first-order valence-electron chi connectivity index (χ1n) is 9.97. The molecule has 3 aromatic rings. The van der Waals surface area contributed by atoms with Gasteiger partial charge in [0.25, 0.3) is 17.7 Å². The number of rotatable bonds is 7. The van der Waals surface area contributed by atoms with E-state index in [0.717, 1.165) is 5.56 Å². The predicted molar refractivity (Wildman–Crippen MR) is 125 cm³/mol. The Morgan fingerprint density at radius 1 is 0.727 bits per heavy atom. The van der Waals surface area contributed by atoms with Crippen molar-refractivity contribution in [2.24, 2.45) is 0 Å². The molecule has 0 aromatic heterocycles. The van der Waals surface area contributed by atoms with Crippen LogP contribution in [0.3, 0.4) is 0 Å². The summed E-state index contributed by atoms with van der Waals surface area (Å²) in [7, 11) is 3.06. The van der Waals surface area contributed by atoms with E-state index in [2.05, 4.69) is 16.2 Å². The van der Waals surface area contributed by atoms with Crippen LogP contribution in [0.4, 0.5) is 5.69 Å². The standard InChI is InChI=1S/C25H23N3O5/c1-32-21-14-8-17(16-22(21)33-2)9-15-23(29)27-28-25(31)19-10-12-20(13-11-19)26-24(30)18-6-4-3-5-7-18/h3-16H,1-2H3,(H,26,30)(H,27,29)(H,28,31)/b15-9+. The van der Waals surface area contributed by atoms with E-state index in [-0.39, 0.29) is 5.91 Å². The molecule has 0 saturated carbocycles. The highest BCUT2D eigenvalue weighted by atomic mass is 16.5. The molecule has 0 aliphatic heterocycles. The van der Waals surface area contributed by atoms with Crippen LogP contribution >= 0.6 is 0 Å². The van der Waals surface area contributed by atoms with Gasteiger partial charge in [-0.15, -0.1) is 0 Å². The van der Waals surface area contributed by atoms with Crippen molar-refractivity contribution < 1.29 is 23.9 Å². The molecule has 0 atom stereocenters. The number of hydrogen-bond acceptors (Lipinski definition) is 5. The summed E-state index contributed by atoms with van der Waals surface area (Å²) in [5.41, 5.74) is 6.78. The van der Waals surface area contributed by atoms with Crippen LogP contribution < -0.4 is 25.6 Å². The monoisotopic (exact) mass is 445 g/mol. The highest BCUT2D eigenvalue weighted by molar-refractivity contribution is 6.04. The second-order valence-corrected chi connectivity index (χ2v) is 6.79. The lowest BCUT2D eigenvalue weighted by Gasteiger charge is -2.08. The van der Waals surface area contributed by atoms with E-state index < -0.39 is 11.8 Å². The van der Waals surface area contributed by atoms with Gasteiger partial charge in [-0.2, -0.15) is 0 Å². The lowest BCUT2D eigenvalue weighted by molar-refractivity contribution is -0.117. The Morgan fingerprint density at radius 3 is 2.06 bits per heavy atom. The number of amides is 3. The van der Waals surface area contributed by atoms with Crippen molar-refractivity contribution in [2.45, 2.75) is 0 Å². The van der Waals surface area contributed by atoms with Gasteiger partial charge in [0.2, 0.25) is 0 Å². The molecule has 0 bridgehead atoms. The second kappa shape index (κ2) is 11.1. The van der Waals surface area contributed by atoms with Crippen molar-refractivity contribution >= 4 is 29.5 Å². The molecule has 0 heterocycles.